The van der Waals surface area contributed by atoms with E-state index in [4.69, 9.17) is 11.6 Å². The van der Waals surface area contributed by atoms with Crippen molar-refractivity contribution in [3.8, 4) is 11.1 Å². The summed E-state index contributed by atoms with van der Waals surface area (Å²) in [5.41, 5.74) is 4.66. The summed E-state index contributed by atoms with van der Waals surface area (Å²) in [7, 11) is 0. The third kappa shape index (κ3) is 3.84. The molecular weight excluding hydrogens is 285 g/mol. The molecule has 0 fully saturated rings. The fraction of sp³-hybridized carbons (Fsp3) is 0.333. The average molecular weight is 306 g/mol. The van der Waals surface area contributed by atoms with Gasteiger partial charge in [0.25, 0.3) is 0 Å². The molecule has 0 saturated carbocycles. The molecule has 2 aromatic rings. The van der Waals surface area contributed by atoms with Gasteiger partial charge in [-0.05, 0) is 48.7 Å². The number of hydrogen-bond acceptors (Lipinski definition) is 1. The lowest BCUT2D eigenvalue weighted by atomic mass is 9.99. The van der Waals surface area contributed by atoms with Crippen LogP contribution in [-0.4, -0.2) is 6.04 Å². The van der Waals surface area contributed by atoms with E-state index in [2.05, 4.69) is 5.32 Å². The molecule has 2 aromatic carbocycles. The molecule has 0 aliphatic heterocycles. The highest BCUT2D eigenvalue weighted by atomic mass is 35.5. The van der Waals surface area contributed by atoms with Gasteiger partial charge in [-0.1, -0.05) is 37.6 Å². The fourth-order valence-corrected chi connectivity index (χ4v) is 2.50. The molecule has 0 amide bonds. The Morgan fingerprint density at radius 1 is 1.10 bits per heavy atom. The summed E-state index contributed by atoms with van der Waals surface area (Å²) in [6.07, 6.45) is 0. The first kappa shape index (κ1) is 16.0. The Balaban J connectivity index is 2.34. The van der Waals surface area contributed by atoms with Gasteiger partial charge in [0.05, 0.1) is 0 Å². The van der Waals surface area contributed by atoms with Crippen molar-refractivity contribution in [2.45, 2.75) is 40.3 Å². The van der Waals surface area contributed by atoms with Crippen molar-refractivity contribution in [1.82, 2.24) is 5.32 Å². The van der Waals surface area contributed by atoms with Crippen molar-refractivity contribution in [1.29, 1.82) is 0 Å². The third-order valence-corrected chi connectivity index (χ3v) is 3.96. The van der Waals surface area contributed by atoms with Crippen LogP contribution in [0.4, 0.5) is 4.39 Å². The van der Waals surface area contributed by atoms with Gasteiger partial charge in [0, 0.05) is 28.7 Å². The second-order valence-electron chi connectivity index (χ2n) is 5.76. The average Bonchev–Trinajstić information content (AvgIpc) is 2.41. The van der Waals surface area contributed by atoms with Crippen LogP contribution < -0.4 is 5.32 Å². The van der Waals surface area contributed by atoms with Crippen molar-refractivity contribution < 1.29 is 4.39 Å². The van der Waals surface area contributed by atoms with Gasteiger partial charge in [0.2, 0.25) is 0 Å². The zero-order chi connectivity index (χ0) is 15.6. The molecule has 0 saturated heterocycles. The highest BCUT2D eigenvalue weighted by Gasteiger charge is 2.10. The number of rotatable bonds is 4. The number of aryl methyl sites for hydroxylation is 2. The van der Waals surface area contributed by atoms with E-state index >= 15 is 0 Å². The number of nitrogens with one attached hydrogen (secondary N) is 1. The minimum Gasteiger partial charge on any atom is -0.310 e. The Kier molecular flexibility index (Phi) is 5.02. The Morgan fingerprint density at radius 3 is 2.38 bits per heavy atom. The van der Waals surface area contributed by atoms with E-state index in [0.717, 1.165) is 22.3 Å². The minimum absolute atomic E-state index is 0.199. The molecule has 0 aliphatic carbocycles. The molecule has 0 spiro atoms. The van der Waals surface area contributed by atoms with Crippen LogP contribution in [0.2, 0.25) is 5.02 Å². The SMILES string of the molecule is Cc1cc(Cl)c(-c2ccc(CNC(C)C)c(F)c2)cc1C. The topological polar surface area (TPSA) is 12.0 Å². The van der Waals surface area contributed by atoms with Crippen molar-refractivity contribution in [2.24, 2.45) is 0 Å². The van der Waals surface area contributed by atoms with Crippen LogP contribution >= 0.6 is 11.6 Å². The summed E-state index contributed by atoms with van der Waals surface area (Å²) in [4.78, 5) is 0. The van der Waals surface area contributed by atoms with Crippen LogP contribution in [0.1, 0.15) is 30.5 Å². The van der Waals surface area contributed by atoms with Crippen LogP contribution in [0.5, 0.6) is 0 Å². The maximum absolute atomic E-state index is 14.2. The van der Waals surface area contributed by atoms with Crippen molar-refractivity contribution in [3.05, 3.63) is 57.9 Å². The van der Waals surface area contributed by atoms with Crippen molar-refractivity contribution >= 4 is 11.6 Å². The van der Waals surface area contributed by atoms with E-state index in [-0.39, 0.29) is 5.82 Å². The lowest BCUT2D eigenvalue weighted by Crippen LogP contribution is -2.22. The van der Waals surface area contributed by atoms with E-state index in [1.54, 1.807) is 6.07 Å². The quantitative estimate of drug-likeness (QED) is 0.812. The molecule has 0 bridgehead atoms. The number of hydrogen-bond donors (Lipinski definition) is 1. The van der Waals surface area contributed by atoms with Crippen molar-refractivity contribution in [2.75, 3.05) is 0 Å². The zero-order valence-corrected chi connectivity index (χ0v) is 13.7. The highest BCUT2D eigenvalue weighted by Crippen LogP contribution is 2.31. The van der Waals surface area contributed by atoms with Crippen LogP contribution in [0.3, 0.4) is 0 Å². The summed E-state index contributed by atoms with van der Waals surface area (Å²) in [5, 5.41) is 3.88. The van der Waals surface area contributed by atoms with Crippen molar-refractivity contribution in [3.63, 3.8) is 0 Å². The van der Waals surface area contributed by atoms with E-state index < -0.39 is 0 Å². The van der Waals surface area contributed by atoms with E-state index in [1.165, 1.54) is 0 Å². The van der Waals surface area contributed by atoms with Gasteiger partial charge in [-0.25, -0.2) is 4.39 Å². The maximum atomic E-state index is 14.2. The van der Waals surface area contributed by atoms with E-state index in [1.807, 2.05) is 52.0 Å². The molecule has 0 atom stereocenters. The van der Waals surface area contributed by atoms with Gasteiger partial charge in [-0.2, -0.15) is 0 Å². The summed E-state index contributed by atoms with van der Waals surface area (Å²) in [6.45, 7) is 8.67. The molecule has 0 aliphatic rings. The van der Waals surface area contributed by atoms with Crippen LogP contribution in [0, 0.1) is 19.7 Å². The molecule has 112 valence electrons. The van der Waals surface area contributed by atoms with Gasteiger partial charge < -0.3 is 5.32 Å². The molecule has 21 heavy (non-hydrogen) atoms. The molecule has 1 N–H and O–H groups in total. The minimum atomic E-state index is -0.199. The van der Waals surface area contributed by atoms with Gasteiger partial charge in [-0.15, -0.1) is 0 Å². The Morgan fingerprint density at radius 2 is 1.76 bits per heavy atom. The standard InChI is InChI=1S/C18H21ClFN/c1-11(2)21-10-15-6-5-14(9-18(15)20)16-7-12(3)13(4)8-17(16)19/h5-9,11,21H,10H2,1-4H3. The summed E-state index contributed by atoms with van der Waals surface area (Å²) in [6, 6.07) is 9.59. The smallest absolute Gasteiger partial charge is 0.128 e. The highest BCUT2D eigenvalue weighted by molar-refractivity contribution is 6.33. The molecule has 0 radical (unpaired) electrons. The largest absolute Gasteiger partial charge is 0.310 e. The third-order valence-electron chi connectivity index (χ3n) is 3.65. The van der Waals surface area contributed by atoms with Crippen LogP contribution in [0.15, 0.2) is 30.3 Å². The molecule has 0 heterocycles. The first-order valence-corrected chi connectivity index (χ1v) is 7.55. The maximum Gasteiger partial charge on any atom is 0.128 e. The monoisotopic (exact) mass is 305 g/mol. The fourth-order valence-electron chi connectivity index (χ4n) is 2.17. The Hall–Kier alpha value is -1.38. The summed E-state index contributed by atoms with van der Waals surface area (Å²) in [5.74, 6) is -0.199. The predicted molar refractivity (Wildman–Crippen MR) is 88.3 cm³/mol. The normalized spacial score (nSPS) is 11.2. The number of benzene rings is 2. The number of halogens is 2. The van der Waals surface area contributed by atoms with Gasteiger partial charge in [0.15, 0.2) is 0 Å². The predicted octanol–water partition coefficient (Wildman–Crippen LogP) is 5.26. The summed E-state index contributed by atoms with van der Waals surface area (Å²) >= 11 is 6.30. The lowest BCUT2D eigenvalue weighted by molar-refractivity contribution is 0.553. The molecule has 3 heteroatoms. The van der Waals surface area contributed by atoms with Gasteiger partial charge in [0.1, 0.15) is 5.82 Å². The zero-order valence-electron chi connectivity index (χ0n) is 12.9. The van der Waals surface area contributed by atoms with E-state index in [0.29, 0.717) is 23.2 Å². The molecule has 2 rings (SSSR count). The molecule has 0 aromatic heterocycles. The first-order valence-electron chi connectivity index (χ1n) is 7.17. The van der Waals surface area contributed by atoms with Gasteiger partial charge in [-0.3, -0.25) is 0 Å². The van der Waals surface area contributed by atoms with E-state index in [9.17, 15) is 4.39 Å². The summed E-state index contributed by atoms with van der Waals surface area (Å²) < 4.78 is 14.2. The van der Waals surface area contributed by atoms with Crippen LogP contribution in [0.25, 0.3) is 11.1 Å². The second kappa shape index (κ2) is 6.59. The Labute approximate surface area is 131 Å². The van der Waals surface area contributed by atoms with Crippen LogP contribution in [-0.2, 0) is 6.54 Å². The molecular formula is C18H21ClFN. The lowest BCUT2D eigenvalue weighted by Gasteiger charge is -2.12. The molecule has 0 unspecified atom stereocenters. The second-order valence-corrected chi connectivity index (χ2v) is 6.17. The Bertz CT molecular complexity index is 650. The first-order chi connectivity index (χ1) is 9.88. The molecule has 1 nitrogen and oxygen atoms in total. The van der Waals surface area contributed by atoms with Gasteiger partial charge >= 0.3 is 0 Å².